The van der Waals surface area contributed by atoms with E-state index in [2.05, 4.69) is 5.32 Å². The molecule has 0 aliphatic carbocycles. The van der Waals surface area contributed by atoms with Gasteiger partial charge in [-0.2, -0.15) is 0 Å². The van der Waals surface area contributed by atoms with Crippen LogP contribution < -0.4 is 11.1 Å². The first-order valence-electron chi connectivity index (χ1n) is 6.43. The van der Waals surface area contributed by atoms with Gasteiger partial charge in [0, 0.05) is 44.7 Å². The van der Waals surface area contributed by atoms with Crippen LogP contribution in [-0.2, 0) is 4.79 Å². The first-order chi connectivity index (χ1) is 8.33. The Bertz CT molecular complexity index is 304. The molecule has 0 atom stereocenters. The van der Waals surface area contributed by atoms with Gasteiger partial charge in [0.1, 0.15) is 0 Å². The molecule has 1 saturated heterocycles. The smallest absolute Gasteiger partial charge is 0.317 e. The standard InChI is InChI=1S/C12H24N4O2/c1-4-14-11(18)16-7-5-15(6-8-16)10(17)9-12(2,3)13/h4-9,13H2,1-3H3,(H,14,18). The average Bonchev–Trinajstić information content (AvgIpc) is 2.27. The van der Waals surface area contributed by atoms with Crippen LogP contribution in [0.4, 0.5) is 4.79 Å². The third-order valence-corrected chi connectivity index (χ3v) is 2.85. The summed E-state index contributed by atoms with van der Waals surface area (Å²) in [5.41, 5.74) is 5.36. The normalized spacial score (nSPS) is 16.7. The van der Waals surface area contributed by atoms with E-state index in [4.69, 9.17) is 5.73 Å². The summed E-state index contributed by atoms with van der Waals surface area (Å²) in [6.07, 6.45) is 0.341. The van der Waals surface area contributed by atoms with Gasteiger partial charge in [0.25, 0.3) is 0 Å². The zero-order chi connectivity index (χ0) is 13.8. The molecule has 6 heteroatoms. The molecule has 1 rings (SSSR count). The van der Waals surface area contributed by atoms with Gasteiger partial charge in [-0.05, 0) is 20.8 Å². The average molecular weight is 256 g/mol. The first kappa shape index (κ1) is 14.8. The first-order valence-corrected chi connectivity index (χ1v) is 6.43. The largest absolute Gasteiger partial charge is 0.339 e. The minimum Gasteiger partial charge on any atom is -0.339 e. The molecule has 1 aliphatic heterocycles. The number of nitrogens with one attached hydrogen (secondary N) is 1. The molecule has 1 aliphatic rings. The van der Waals surface area contributed by atoms with Gasteiger partial charge in [-0.25, -0.2) is 4.79 Å². The molecule has 0 aromatic rings. The highest BCUT2D eigenvalue weighted by molar-refractivity contribution is 5.78. The second-order valence-corrected chi connectivity index (χ2v) is 5.37. The lowest BCUT2D eigenvalue weighted by molar-refractivity contribution is -0.133. The van der Waals surface area contributed by atoms with Gasteiger partial charge >= 0.3 is 6.03 Å². The fourth-order valence-electron chi connectivity index (χ4n) is 1.92. The number of hydrogen-bond acceptors (Lipinski definition) is 3. The van der Waals surface area contributed by atoms with Crippen LogP contribution in [-0.4, -0.2) is 60.0 Å². The third-order valence-electron chi connectivity index (χ3n) is 2.85. The fraction of sp³-hybridized carbons (Fsp3) is 0.833. The van der Waals surface area contributed by atoms with Crippen LogP contribution >= 0.6 is 0 Å². The van der Waals surface area contributed by atoms with Gasteiger partial charge in [0.15, 0.2) is 0 Å². The lowest BCUT2D eigenvalue weighted by atomic mass is 10.0. The molecule has 104 valence electrons. The van der Waals surface area contributed by atoms with Gasteiger partial charge in [0.2, 0.25) is 5.91 Å². The Balaban J connectivity index is 2.39. The quantitative estimate of drug-likeness (QED) is 0.745. The summed E-state index contributed by atoms with van der Waals surface area (Å²) in [6, 6.07) is -0.0521. The van der Waals surface area contributed by atoms with E-state index in [0.717, 1.165) is 0 Å². The maximum absolute atomic E-state index is 11.9. The van der Waals surface area contributed by atoms with Crippen molar-refractivity contribution >= 4 is 11.9 Å². The predicted octanol–water partition coefficient (Wildman–Crippen LogP) is -0.0125. The third kappa shape index (κ3) is 4.52. The van der Waals surface area contributed by atoms with E-state index in [1.165, 1.54) is 0 Å². The lowest BCUT2D eigenvalue weighted by Gasteiger charge is -2.35. The van der Waals surface area contributed by atoms with Crippen LogP contribution in [0.15, 0.2) is 0 Å². The van der Waals surface area contributed by atoms with Crippen LogP contribution in [0, 0.1) is 0 Å². The van der Waals surface area contributed by atoms with Gasteiger partial charge in [0.05, 0.1) is 0 Å². The van der Waals surface area contributed by atoms with Gasteiger partial charge in [-0.3, -0.25) is 4.79 Å². The van der Waals surface area contributed by atoms with Crippen LogP contribution in [0.5, 0.6) is 0 Å². The van der Waals surface area contributed by atoms with Crippen LogP contribution in [0.1, 0.15) is 27.2 Å². The van der Waals surface area contributed by atoms with E-state index in [1.807, 2.05) is 20.8 Å². The lowest BCUT2D eigenvalue weighted by Crippen LogP contribution is -2.54. The highest BCUT2D eigenvalue weighted by Crippen LogP contribution is 2.10. The zero-order valence-corrected chi connectivity index (χ0v) is 11.5. The molecule has 3 N–H and O–H groups in total. The van der Waals surface area contributed by atoms with Crippen LogP contribution in [0.25, 0.3) is 0 Å². The van der Waals surface area contributed by atoms with Crippen molar-refractivity contribution in [1.82, 2.24) is 15.1 Å². The second-order valence-electron chi connectivity index (χ2n) is 5.37. The van der Waals surface area contributed by atoms with Crippen molar-refractivity contribution in [3.05, 3.63) is 0 Å². The topological polar surface area (TPSA) is 78.7 Å². The highest BCUT2D eigenvalue weighted by atomic mass is 16.2. The Morgan fingerprint density at radius 1 is 1.17 bits per heavy atom. The number of rotatable bonds is 3. The maximum atomic E-state index is 11.9. The van der Waals surface area contributed by atoms with Crippen LogP contribution in [0.2, 0.25) is 0 Å². The Hall–Kier alpha value is -1.30. The molecule has 0 saturated carbocycles. The number of carbonyl (C=O) groups excluding carboxylic acids is 2. The molecular formula is C12H24N4O2. The van der Waals surface area contributed by atoms with E-state index in [0.29, 0.717) is 39.1 Å². The van der Waals surface area contributed by atoms with Crippen molar-refractivity contribution in [3.8, 4) is 0 Å². The molecule has 0 radical (unpaired) electrons. The van der Waals surface area contributed by atoms with E-state index in [1.54, 1.807) is 9.80 Å². The summed E-state index contributed by atoms with van der Waals surface area (Å²) < 4.78 is 0. The molecule has 0 unspecified atom stereocenters. The molecule has 0 spiro atoms. The summed E-state index contributed by atoms with van der Waals surface area (Å²) in [4.78, 5) is 27.1. The van der Waals surface area contributed by atoms with Crippen molar-refractivity contribution in [3.63, 3.8) is 0 Å². The van der Waals surface area contributed by atoms with E-state index < -0.39 is 5.54 Å². The van der Waals surface area contributed by atoms with Crippen molar-refractivity contribution < 1.29 is 9.59 Å². The summed E-state index contributed by atoms with van der Waals surface area (Å²) in [5.74, 6) is 0.0676. The molecule has 1 fully saturated rings. The zero-order valence-electron chi connectivity index (χ0n) is 11.5. The highest BCUT2D eigenvalue weighted by Gasteiger charge is 2.26. The van der Waals surface area contributed by atoms with Gasteiger partial charge < -0.3 is 20.9 Å². The number of nitrogens with zero attached hydrogens (tertiary/aromatic N) is 2. The second kappa shape index (κ2) is 6.04. The number of hydrogen-bond donors (Lipinski definition) is 2. The summed E-state index contributed by atoms with van der Waals surface area (Å²) >= 11 is 0. The molecule has 18 heavy (non-hydrogen) atoms. The fourth-order valence-corrected chi connectivity index (χ4v) is 1.92. The van der Waals surface area contributed by atoms with Crippen molar-refractivity contribution in [1.29, 1.82) is 0 Å². The van der Waals surface area contributed by atoms with Gasteiger partial charge in [-0.15, -0.1) is 0 Å². The monoisotopic (exact) mass is 256 g/mol. The van der Waals surface area contributed by atoms with Crippen LogP contribution in [0.3, 0.4) is 0 Å². The molecule has 0 bridgehead atoms. The molecule has 0 aromatic carbocycles. The Morgan fingerprint density at radius 3 is 2.11 bits per heavy atom. The summed E-state index contributed by atoms with van der Waals surface area (Å²) in [6.45, 7) is 8.55. The molecule has 3 amide bonds. The Morgan fingerprint density at radius 2 is 1.67 bits per heavy atom. The number of amides is 3. The predicted molar refractivity (Wildman–Crippen MR) is 70.1 cm³/mol. The van der Waals surface area contributed by atoms with Crippen molar-refractivity contribution in [2.45, 2.75) is 32.7 Å². The number of nitrogens with two attached hydrogens (primary N) is 1. The van der Waals surface area contributed by atoms with Gasteiger partial charge in [-0.1, -0.05) is 0 Å². The molecule has 1 heterocycles. The number of piperazine rings is 1. The maximum Gasteiger partial charge on any atom is 0.317 e. The van der Waals surface area contributed by atoms with E-state index in [9.17, 15) is 9.59 Å². The van der Waals surface area contributed by atoms with Crippen molar-refractivity contribution in [2.24, 2.45) is 5.73 Å². The molecule has 0 aromatic heterocycles. The molecule has 6 nitrogen and oxygen atoms in total. The minimum absolute atomic E-state index is 0.0521. The van der Waals surface area contributed by atoms with Crippen molar-refractivity contribution in [2.75, 3.05) is 32.7 Å². The SMILES string of the molecule is CCNC(=O)N1CCN(C(=O)CC(C)(C)N)CC1. The number of urea groups is 1. The molecular weight excluding hydrogens is 232 g/mol. The van der Waals surface area contributed by atoms with E-state index >= 15 is 0 Å². The number of carbonyl (C=O) groups is 2. The minimum atomic E-state index is -0.478. The van der Waals surface area contributed by atoms with E-state index in [-0.39, 0.29) is 11.9 Å². The summed E-state index contributed by atoms with van der Waals surface area (Å²) in [7, 11) is 0. The Labute approximate surface area is 108 Å². The Kier molecular flexibility index (Phi) is 4.95. The summed E-state index contributed by atoms with van der Waals surface area (Å²) in [5, 5.41) is 2.76.